The van der Waals surface area contributed by atoms with Gasteiger partial charge >= 0.3 is 0 Å². The SMILES string of the molecule is [C-]#[N+]/C(=C\CC)CCC. The molecule has 0 bridgehead atoms. The molecule has 0 rings (SSSR count). The fourth-order valence-electron chi connectivity index (χ4n) is 0.695. The third-order valence-corrected chi connectivity index (χ3v) is 1.09. The molecule has 1 nitrogen and oxygen atoms in total. The Morgan fingerprint density at radius 1 is 1.56 bits per heavy atom. The molecule has 0 fully saturated rings. The van der Waals surface area contributed by atoms with E-state index in [2.05, 4.69) is 18.7 Å². The van der Waals surface area contributed by atoms with Crippen LogP contribution in [0.15, 0.2) is 11.8 Å². The predicted octanol–water partition coefficient (Wildman–Crippen LogP) is 3.00. The van der Waals surface area contributed by atoms with E-state index in [0.29, 0.717) is 0 Å². The van der Waals surface area contributed by atoms with Gasteiger partial charge in [-0.1, -0.05) is 26.3 Å². The van der Waals surface area contributed by atoms with Gasteiger partial charge in [0.25, 0.3) is 0 Å². The van der Waals surface area contributed by atoms with Crippen molar-refractivity contribution in [3.63, 3.8) is 0 Å². The van der Waals surface area contributed by atoms with Crippen LogP contribution in [0.2, 0.25) is 0 Å². The van der Waals surface area contributed by atoms with Crippen molar-refractivity contribution in [2.45, 2.75) is 33.1 Å². The largest absolute Gasteiger partial charge is 0.243 e. The summed E-state index contributed by atoms with van der Waals surface area (Å²) in [6.07, 6.45) is 5.00. The highest BCUT2D eigenvalue weighted by Gasteiger charge is 1.89. The first-order valence-electron chi connectivity index (χ1n) is 3.41. The Labute approximate surface area is 57.2 Å². The molecule has 0 aromatic heterocycles. The lowest BCUT2D eigenvalue weighted by atomic mass is 10.2. The Morgan fingerprint density at radius 2 is 2.22 bits per heavy atom. The van der Waals surface area contributed by atoms with E-state index in [9.17, 15) is 0 Å². The maximum Gasteiger partial charge on any atom is 0.161 e. The second-order valence-corrected chi connectivity index (χ2v) is 1.97. The molecule has 0 aromatic carbocycles. The van der Waals surface area contributed by atoms with Crippen LogP contribution in [0.1, 0.15) is 33.1 Å². The average molecular weight is 123 g/mol. The summed E-state index contributed by atoms with van der Waals surface area (Å²) in [7, 11) is 0. The zero-order valence-electron chi connectivity index (χ0n) is 6.15. The third kappa shape index (κ3) is 3.78. The molecule has 0 spiro atoms. The van der Waals surface area contributed by atoms with Crippen molar-refractivity contribution in [1.82, 2.24) is 0 Å². The van der Waals surface area contributed by atoms with E-state index < -0.39 is 0 Å². The van der Waals surface area contributed by atoms with Crippen LogP contribution in [0.3, 0.4) is 0 Å². The highest BCUT2D eigenvalue weighted by molar-refractivity contribution is 5.09. The molecule has 0 aliphatic heterocycles. The van der Waals surface area contributed by atoms with Crippen molar-refractivity contribution < 1.29 is 0 Å². The minimum Gasteiger partial charge on any atom is -0.243 e. The third-order valence-electron chi connectivity index (χ3n) is 1.09. The molecule has 50 valence electrons. The van der Waals surface area contributed by atoms with Crippen LogP contribution in [0.5, 0.6) is 0 Å². The highest BCUT2D eigenvalue weighted by atomic mass is 14.6. The zero-order chi connectivity index (χ0) is 7.11. The van der Waals surface area contributed by atoms with Gasteiger partial charge in [0.15, 0.2) is 5.70 Å². The first kappa shape index (κ1) is 8.23. The Kier molecular flexibility index (Phi) is 4.91. The molecule has 0 saturated carbocycles. The minimum atomic E-state index is 0.917. The smallest absolute Gasteiger partial charge is 0.161 e. The molecule has 1 heteroatoms. The maximum atomic E-state index is 6.72. The molecule has 0 amide bonds. The Hall–Kier alpha value is -0.770. The molecule has 0 aromatic rings. The fourth-order valence-corrected chi connectivity index (χ4v) is 0.695. The normalized spacial score (nSPS) is 11.0. The molecular formula is C8H13N. The molecule has 0 heterocycles. The van der Waals surface area contributed by atoms with Crippen molar-refractivity contribution in [3.05, 3.63) is 23.2 Å². The van der Waals surface area contributed by atoms with E-state index in [-0.39, 0.29) is 0 Å². The van der Waals surface area contributed by atoms with E-state index in [0.717, 1.165) is 25.0 Å². The summed E-state index contributed by atoms with van der Waals surface area (Å²) in [4.78, 5) is 3.38. The minimum absolute atomic E-state index is 0.917. The summed E-state index contributed by atoms with van der Waals surface area (Å²) < 4.78 is 0. The first-order valence-corrected chi connectivity index (χ1v) is 3.41. The van der Waals surface area contributed by atoms with Crippen LogP contribution >= 0.6 is 0 Å². The molecule has 0 atom stereocenters. The Bertz CT molecular complexity index is 128. The number of hydrogen-bond acceptors (Lipinski definition) is 0. The van der Waals surface area contributed by atoms with Crippen molar-refractivity contribution in [2.24, 2.45) is 0 Å². The van der Waals surface area contributed by atoms with Gasteiger partial charge in [0.1, 0.15) is 0 Å². The van der Waals surface area contributed by atoms with E-state index in [1.807, 2.05) is 6.08 Å². The molecule has 0 N–H and O–H groups in total. The van der Waals surface area contributed by atoms with E-state index in [1.54, 1.807) is 0 Å². The lowest BCUT2D eigenvalue weighted by Crippen LogP contribution is -1.72. The Morgan fingerprint density at radius 3 is 2.56 bits per heavy atom. The predicted molar refractivity (Wildman–Crippen MR) is 39.9 cm³/mol. The van der Waals surface area contributed by atoms with E-state index >= 15 is 0 Å². The lowest BCUT2D eigenvalue weighted by molar-refractivity contribution is 0.916. The van der Waals surface area contributed by atoms with Gasteiger partial charge in [0.2, 0.25) is 0 Å². The maximum absolute atomic E-state index is 6.72. The number of hydrogen-bond donors (Lipinski definition) is 0. The van der Waals surface area contributed by atoms with E-state index in [1.165, 1.54) is 0 Å². The Balaban J connectivity index is 3.71. The molecule has 0 radical (unpaired) electrons. The van der Waals surface area contributed by atoms with Crippen LogP contribution < -0.4 is 0 Å². The average Bonchev–Trinajstić information content (AvgIpc) is 1.88. The number of allylic oxidation sites excluding steroid dienone is 2. The first-order chi connectivity index (χ1) is 4.35. The van der Waals surface area contributed by atoms with Gasteiger partial charge in [-0.3, -0.25) is 0 Å². The summed E-state index contributed by atoms with van der Waals surface area (Å²) in [5.74, 6) is 0. The van der Waals surface area contributed by atoms with Crippen LogP contribution in [-0.2, 0) is 0 Å². The second kappa shape index (κ2) is 5.37. The van der Waals surface area contributed by atoms with Gasteiger partial charge in [-0.15, -0.1) is 0 Å². The van der Waals surface area contributed by atoms with Gasteiger partial charge < -0.3 is 0 Å². The molecule has 9 heavy (non-hydrogen) atoms. The topological polar surface area (TPSA) is 4.36 Å². The van der Waals surface area contributed by atoms with Crippen LogP contribution in [0.25, 0.3) is 4.85 Å². The standard InChI is InChI=1S/C8H13N/c1-4-6-8(9-3)7-5-2/h6H,4-5,7H2,1-2H3/b8-6-. The highest BCUT2D eigenvalue weighted by Crippen LogP contribution is 2.06. The monoisotopic (exact) mass is 123 g/mol. The second-order valence-electron chi connectivity index (χ2n) is 1.97. The molecule has 0 aliphatic rings. The van der Waals surface area contributed by atoms with Crippen molar-refractivity contribution >= 4 is 0 Å². The number of rotatable bonds is 3. The van der Waals surface area contributed by atoms with Gasteiger partial charge in [-0.05, 0) is 12.8 Å². The van der Waals surface area contributed by atoms with Crippen molar-refractivity contribution in [2.75, 3.05) is 0 Å². The lowest BCUT2D eigenvalue weighted by Gasteiger charge is -1.90. The van der Waals surface area contributed by atoms with Crippen LogP contribution in [0, 0.1) is 6.57 Å². The zero-order valence-corrected chi connectivity index (χ0v) is 6.15. The van der Waals surface area contributed by atoms with Crippen molar-refractivity contribution in [1.29, 1.82) is 0 Å². The van der Waals surface area contributed by atoms with E-state index in [4.69, 9.17) is 6.57 Å². The summed E-state index contributed by atoms with van der Waals surface area (Å²) in [6, 6.07) is 0. The van der Waals surface area contributed by atoms with Gasteiger partial charge in [0, 0.05) is 0 Å². The van der Waals surface area contributed by atoms with Crippen molar-refractivity contribution in [3.8, 4) is 0 Å². The molecule has 0 aliphatic carbocycles. The summed E-state index contributed by atoms with van der Waals surface area (Å²) in [5.41, 5.74) is 0.917. The van der Waals surface area contributed by atoms with Gasteiger partial charge in [-0.25, -0.2) is 4.85 Å². The van der Waals surface area contributed by atoms with Crippen LogP contribution in [0.4, 0.5) is 0 Å². The van der Waals surface area contributed by atoms with Gasteiger partial charge in [-0.2, -0.15) is 0 Å². The summed E-state index contributed by atoms with van der Waals surface area (Å²) >= 11 is 0. The summed E-state index contributed by atoms with van der Waals surface area (Å²) in [6.45, 7) is 10.9. The molecule has 0 saturated heterocycles. The fraction of sp³-hybridized carbons (Fsp3) is 0.625. The molecule has 0 unspecified atom stereocenters. The molecular weight excluding hydrogens is 110 g/mol. The number of nitrogens with zero attached hydrogens (tertiary/aromatic N) is 1. The summed E-state index contributed by atoms with van der Waals surface area (Å²) in [5, 5.41) is 0. The van der Waals surface area contributed by atoms with Gasteiger partial charge in [0.05, 0.1) is 6.57 Å². The van der Waals surface area contributed by atoms with Crippen LogP contribution in [-0.4, -0.2) is 0 Å². The quantitative estimate of drug-likeness (QED) is 0.508.